The number of hydrogen-bond acceptors (Lipinski definition) is 3. The van der Waals surface area contributed by atoms with Crippen LogP contribution in [0.1, 0.15) is 45.0 Å². The third-order valence-electron chi connectivity index (χ3n) is 6.32. The summed E-state index contributed by atoms with van der Waals surface area (Å²) in [6, 6.07) is 22.8. The Labute approximate surface area is 203 Å². The van der Waals surface area contributed by atoms with Crippen molar-refractivity contribution in [3.63, 3.8) is 0 Å². The highest BCUT2D eigenvalue weighted by molar-refractivity contribution is 7.80. The van der Waals surface area contributed by atoms with Gasteiger partial charge >= 0.3 is 5.97 Å². The second kappa shape index (κ2) is 8.76. The van der Waals surface area contributed by atoms with Crippen molar-refractivity contribution in [2.24, 2.45) is 0 Å². The van der Waals surface area contributed by atoms with Crippen LogP contribution in [0.2, 0.25) is 0 Å². The molecule has 1 fully saturated rings. The van der Waals surface area contributed by atoms with Crippen LogP contribution < -0.4 is 10.2 Å². The minimum atomic E-state index is -0.956. The number of hydrogen-bond donors (Lipinski definition) is 2. The molecular weight excluding hydrogens is 444 g/mol. The molecule has 0 bridgehead atoms. The van der Waals surface area contributed by atoms with Gasteiger partial charge in [-0.3, -0.25) is 4.98 Å². The zero-order valence-corrected chi connectivity index (χ0v) is 19.7. The van der Waals surface area contributed by atoms with Gasteiger partial charge in [-0.2, -0.15) is 0 Å². The van der Waals surface area contributed by atoms with Gasteiger partial charge in [-0.15, -0.1) is 0 Å². The topological polar surface area (TPSA) is 70.4 Å². The van der Waals surface area contributed by atoms with Crippen LogP contribution in [0.4, 0.5) is 5.69 Å². The van der Waals surface area contributed by atoms with Crippen LogP contribution in [0.5, 0.6) is 0 Å². The number of anilines is 1. The molecule has 0 saturated carbocycles. The molecule has 0 aliphatic carbocycles. The molecule has 3 heterocycles. The number of nitrogens with one attached hydrogen (secondary N) is 1. The van der Waals surface area contributed by atoms with Crippen molar-refractivity contribution >= 4 is 29.0 Å². The maximum atomic E-state index is 11.6. The lowest BCUT2D eigenvalue weighted by molar-refractivity contribution is 0.0697. The molecule has 2 aromatic carbocycles. The minimum Gasteiger partial charge on any atom is -0.478 e. The van der Waals surface area contributed by atoms with Gasteiger partial charge in [-0.25, -0.2) is 4.79 Å². The van der Waals surface area contributed by atoms with E-state index < -0.39 is 5.97 Å². The van der Waals surface area contributed by atoms with Gasteiger partial charge in [0.1, 0.15) is 6.04 Å². The lowest BCUT2D eigenvalue weighted by atomic mass is 10.00. The summed E-state index contributed by atoms with van der Waals surface area (Å²) in [4.78, 5) is 18.3. The second-order valence-corrected chi connectivity index (χ2v) is 8.81. The van der Waals surface area contributed by atoms with Gasteiger partial charge in [0.05, 0.1) is 17.3 Å². The number of aromatic nitrogens is 2. The van der Waals surface area contributed by atoms with E-state index in [4.69, 9.17) is 12.2 Å². The third kappa shape index (κ3) is 3.84. The Balaban J connectivity index is 1.67. The lowest BCUT2D eigenvalue weighted by Crippen LogP contribution is -2.30. The first-order valence-corrected chi connectivity index (χ1v) is 11.4. The Hall–Kier alpha value is -3.97. The van der Waals surface area contributed by atoms with E-state index in [1.165, 1.54) is 11.1 Å². The number of aryl methyl sites for hydroxylation is 2. The van der Waals surface area contributed by atoms with E-state index in [0.717, 1.165) is 22.8 Å². The van der Waals surface area contributed by atoms with Crippen molar-refractivity contribution in [1.82, 2.24) is 14.9 Å². The molecule has 6 nitrogen and oxygen atoms in total. The summed E-state index contributed by atoms with van der Waals surface area (Å²) in [7, 11) is 0. The number of carboxylic acids is 1. The number of nitrogens with zero attached hydrogens (tertiary/aromatic N) is 3. The summed E-state index contributed by atoms with van der Waals surface area (Å²) >= 11 is 5.84. The van der Waals surface area contributed by atoms with Gasteiger partial charge in [0, 0.05) is 29.5 Å². The average molecular weight is 469 g/mol. The maximum Gasteiger partial charge on any atom is 0.335 e. The van der Waals surface area contributed by atoms with E-state index >= 15 is 0 Å². The first-order chi connectivity index (χ1) is 16.4. The Morgan fingerprint density at radius 3 is 2.56 bits per heavy atom. The lowest BCUT2D eigenvalue weighted by Gasteiger charge is -2.29. The van der Waals surface area contributed by atoms with Gasteiger partial charge in [-0.1, -0.05) is 18.2 Å². The largest absolute Gasteiger partial charge is 0.478 e. The van der Waals surface area contributed by atoms with Gasteiger partial charge in [0.25, 0.3) is 0 Å². The van der Waals surface area contributed by atoms with E-state index in [0.29, 0.717) is 5.11 Å². The summed E-state index contributed by atoms with van der Waals surface area (Å²) in [5, 5.41) is 13.6. The van der Waals surface area contributed by atoms with Crippen molar-refractivity contribution in [2.45, 2.75) is 25.9 Å². The van der Waals surface area contributed by atoms with Crippen molar-refractivity contribution in [2.75, 3.05) is 4.90 Å². The summed E-state index contributed by atoms with van der Waals surface area (Å²) < 4.78 is 2.02. The molecule has 0 radical (unpaired) electrons. The number of thiocarbonyl (C=S) groups is 1. The Bertz CT molecular complexity index is 1380. The molecular formula is C27H24N4O2S. The fourth-order valence-corrected chi connectivity index (χ4v) is 4.81. The van der Waals surface area contributed by atoms with E-state index in [-0.39, 0.29) is 17.6 Å². The molecule has 1 aliphatic heterocycles. The molecule has 1 aliphatic rings. The standard InChI is InChI=1S/C27H24N4O2S/c1-17-11-12-21(15-18(17)2)31-25(24(29-27(31)34)22-9-3-4-13-28-22)23-10-6-14-30(23)20-8-5-7-19(16-20)26(32)33/h3-16,24-25H,1-2H3,(H,29,34)(H,32,33)/t24-,25-/m0/s1. The van der Waals surface area contributed by atoms with Crippen LogP contribution in [0, 0.1) is 13.8 Å². The number of pyridine rings is 1. The molecule has 170 valence electrons. The third-order valence-corrected chi connectivity index (χ3v) is 6.64. The number of carboxylic acid groups (broad SMARTS) is 1. The van der Waals surface area contributed by atoms with Crippen LogP contribution in [0.25, 0.3) is 5.69 Å². The monoisotopic (exact) mass is 468 g/mol. The van der Waals surface area contributed by atoms with Gasteiger partial charge in [-0.05, 0) is 91.8 Å². The molecule has 1 saturated heterocycles. The smallest absolute Gasteiger partial charge is 0.335 e. The van der Waals surface area contributed by atoms with Crippen molar-refractivity contribution in [3.8, 4) is 5.69 Å². The Kier molecular flexibility index (Phi) is 5.63. The van der Waals surface area contributed by atoms with Gasteiger partial charge in [0.15, 0.2) is 5.11 Å². The first kappa shape index (κ1) is 21.9. The van der Waals surface area contributed by atoms with Gasteiger partial charge < -0.3 is 19.9 Å². The molecule has 0 spiro atoms. The highest BCUT2D eigenvalue weighted by Crippen LogP contribution is 2.42. The Morgan fingerprint density at radius 1 is 0.971 bits per heavy atom. The number of aromatic carboxylic acids is 1. The number of rotatable bonds is 5. The zero-order chi connectivity index (χ0) is 23.8. The fraction of sp³-hybridized carbons (Fsp3) is 0.148. The average Bonchev–Trinajstić information content (AvgIpc) is 3.46. The summed E-state index contributed by atoms with van der Waals surface area (Å²) in [5.41, 5.74) is 6.27. The van der Waals surface area contributed by atoms with E-state index in [1.54, 1.807) is 24.4 Å². The minimum absolute atomic E-state index is 0.188. The summed E-state index contributed by atoms with van der Waals surface area (Å²) in [6.45, 7) is 4.19. The van der Waals surface area contributed by atoms with Crippen LogP contribution in [-0.2, 0) is 0 Å². The Morgan fingerprint density at radius 2 is 1.82 bits per heavy atom. The zero-order valence-electron chi connectivity index (χ0n) is 18.8. The molecule has 2 aromatic heterocycles. The molecule has 2 N–H and O–H groups in total. The number of carbonyl (C=O) groups is 1. The van der Waals surface area contributed by atoms with Crippen LogP contribution in [0.15, 0.2) is 85.2 Å². The molecule has 4 aromatic rings. The molecule has 5 rings (SSSR count). The highest BCUT2D eigenvalue weighted by atomic mass is 32.1. The SMILES string of the molecule is Cc1ccc(N2C(=S)N[C@@H](c3ccccn3)[C@@H]2c2cccn2-c2cccc(C(=O)O)c2)cc1C. The highest BCUT2D eigenvalue weighted by Gasteiger charge is 2.42. The molecule has 34 heavy (non-hydrogen) atoms. The van der Waals surface area contributed by atoms with Crippen molar-refractivity contribution in [3.05, 3.63) is 113 Å². The maximum absolute atomic E-state index is 11.6. The molecule has 0 unspecified atom stereocenters. The fourth-order valence-electron chi connectivity index (χ4n) is 4.47. The van der Waals surface area contributed by atoms with E-state index in [9.17, 15) is 9.90 Å². The number of benzene rings is 2. The predicted octanol–water partition coefficient (Wildman–Crippen LogP) is 5.36. The first-order valence-electron chi connectivity index (χ1n) is 11.0. The van der Waals surface area contributed by atoms with E-state index in [2.05, 4.69) is 53.3 Å². The summed E-state index contributed by atoms with van der Waals surface area (Å²) in [5.74, 6) is -0.956. The van der Waals surface area contributed by atoms with Crippen molar-refractivity contribution in [1.29, 1.82) is 0 Å². The second-order valence-electron chi connectivity index (χ2n) is 8.42. The van der Waals surface area contributed by atoms with Crippen LogP contribution in [0.3, 0.4) is 0 Å². The van der Waals surface area contributed by atoms with Crippen molar-refractivity contribution < 1.29 is 9.90 Å². The molecule has 0 amide bonds. The van der Waals surface area contributed by atoms with E-state index in [1.807, 2.05) is 41.1 Å². The van der Waals surface area contributed by atoms with Gasteiger partial charge in [0.2, 0.25) is 0 Å². The quantitative estimate of drug-likeness (QED) is 0.384. The van der Waals surface area contributed by atoms with Crippen LogP contribution in [-0.4, -0.2) is 25.7 Å². The predicted molar refractivity (Wildman–Crippen MR) is 137 cm³/mol. The normalized spacial score (nSPS) is 17.6. The summed E-state index contributed by atoms with van der Waals surface area (Å²) in [6.07, 6.45) is 3.73. The van der Waals surface area contributed by atoms with Crippen LogP contribution >= 0.6 is 12.2 Å². The molecule has 2 atom stereocenters. The molecule has 7 heteroatoms.